The molecule has 2 amide bonds. The molecule has 0 aliphatic rings. The van der Waals surface area contributed by atoms with Crippen molar-refractivity contribution in [1.82, 2.24) is 19.8 Å². The molecule has 1 aromatic heterocycles. The normalized spacial score (nSPS) is 12.3. The molecule has 1 atom stereocenters. The number of rotatable bonds is 8. The van der Waals surface area contributed by atoms with Crippen LogP contribution in [-0.4, -0.2) is 38.4 Å². The highest BCUT2D eigenvalue weighted by molar-refractivity contribution is 7.03. The van der Waals surface area contributed by atoms with E-state index in [2.05, 4.69) is 21.5 Å². The van der Waals surface area contributed by atoms with E-state index in [-0.39, 0.29) is 24.1 Å². The summed E-state index contributed by atoms with van der Waals surface area (Å²) >= 11 is 7.08. The molecular formula is C19H23ClN4O2S. The van der Waals surface area contributed by atoms with Crippen molar-refractivity contribution in [2.24, 2.45) is 0 Å². The number of amides is 2. The van der Waals surface area contributed by atoms with Crippen molar-refractivity contribution in [3.05, 3.63) is 58.6 Å². The first-order valence-corrected chi connectivity index (χ1v) is 9.77. The number of hydrogen-bond donors (Lipinski definition) is 1. The summed E-state index contributed by atoms with van der Waals surface area (Å²) in [6, 6.07) is 6.04. The van der Waals surface area contributed by atoms with Gasteiger partial charge in [0.05, 0.1) is 0 Å². The smallest absolute Gasteiger partial charge is 0.276 e. The van der Waals surface area contributed by atoms with Gasteiger partial charge in [-0.2, -0.15) is 0 Å². The van der Waals surface area contributed by atoms with Crippen LogP contribution in [0, 0.1) is 0 Å². The maximum atomic E-state index is 13.2. The number of carbonyl (C=O) groups is 2. The number of nitrogens with one attached hydrogen (secondary N) is 1. The molecule has 27 heavy (non-hydrogen) atoms. The van der Waals surface area contributed by atoms with Gasteiger partial charge >= 0.3 is 0 Å². The zero-order valence-corrected chi connectivity index (χ0v) is 17.2. The van der Waals surface area contributed by atoms with Gasteiger partial charge in [0.25, 0.3) is 5.91 Å². The van der Waals surface area contributed by atoms with E-state index in [1.165, 1.54) is 4.90 Å². The van der Waals surface area contributed by atoms with Crippen molar-refractivity contribution in [3.63, 3.8) is 0 Å². The molecular weight excluding hydrogens is 384 g/mol. The zero-order chi connectivity index (χ0) is 20.0. The maximum absolute atomic E-state index is 13.2. The van der Waals surface area contributed by atoms with Crippen molar-refractivity contribution < 1.29 is 9.59 Å². The van der Waals surface area contributed by atoms with Gasteiger partial charge in [0.2, 0.25) is 5.91 Å². The van der Waals surface area contributed by atoms with Crippen LogP contribution in [0.15, 0.2) is 42.3 Å². The Labute approximate surface area is 168 Å². The van der Waals surface area contributed by atoms with Gasteiger partial charge in [-0.3, -0.25) is 9.59 Å². The fourth-order valence-electron chi connectivity index (χ4n) is 2.46. The fraction of sp³-hybridized carbons (Fsp3) is 0.368. The van der Waals surface area contributed by atoms with E-state index in [9.17, 15) is 9.59 Å². The average Bonchev–Trinajstić information content (AvgIpc) is 3.16. The number of carbonyl (C=O) groups excluding carboxylic acids is 2. The molecule has 0 aliphatic carbocycles. The molecule has 0 saturated heterocycles. The van der Waals surface area contributed by atoms with E-state index in [4.69, 9.17) is 11.6 Å². The van der Waals surface area contributed by atoms with E-state index in [0.717, 1.165) is 18.0 Å². The topological polar surface area (TPSA) is 75.2 Å². The van der Waals surface area contributed by atoms with Crippen molar-refractivity contribution >= 4 is 34.9 Å². The third kappa shape index (κ3) is 5.37. The first-order valence-electron chi connectivity index (χ1n) is 8.55. The summed E-state index contributed by atoms with van der Waals surface area (Å²) in [4.78, 5) is 27.6. The molecule has 0 radical (unpaired) electrons. The Morgan fingerprint density at radius 1 is 1.37 bits per heavy atom. The van der Waals surface area contributed by atoms with E-state index >= 15 is 0 Å². The minimum Gasteiger partial charge on any atom is -0.349 e. The summed E-state index contributed by atoms with van der Waals surface area (Å²) in [5.74, 6) is -0.657. The van der Waals surface area contributed by atoms with Gasteiger partial charge in [-0.15, -0.1) is 11.7 Å². The van der Waals surface area contributed by atoms with Crippen LogP contribution in [-0.2, 0) is 4.79 Å². The largest absolute Gasteiger partial charge is 0.349 e. The van der Waals surface area contributed by atoms with Gasteiger partial charge in [-0.1, -0.05) is 41.2 Å². The van der Waals surface area contributed by atoms with Gasteiger partial charge in [0.15, 0.2) is 5.69 Å². The Morgan fingerprint density at radius 3 is 2.56 bits per heavy atom. The molecule has 144 valence electrons. The van der Waals surface area contributed by atoms with Crippen LogP contribution in [0.25, 0.3) is 0 Å². The summed E-state index contributed by atoms with van der Waals surface area (Å²) in [6.07, 6.45) is 2.33. The monoisotopic (exact) mass is 406 g/mol. The Balaban J connectivity index is 2.47. The Hall–Kier alpha value is -2.25. The minimum absolute atomic E-state index is 0.184. The number of halogens is 1. The lowest BCUT2D eigenvalue weighted by atomic mass is 9.98. The summed E-state index contributed by atoms with van der Waals surface area (Å²) in [7, 11) is 0. The Kier molecular flexibility index (Phi) is 7.10. The molecule has 0 bridgehead atoms. The van der Waals surface area contributed by atoms with E-state index in [0.29, 0.717) is 10.6 Å². The van der Waals surface area contributed by atoms with Crippen LogP contribution in [0.1, 0.15) is 49.3 Å². The summed E-state index contributed by atoms with van der Waals surface area (Å²) in [5, 5.41) is 8.99. The fourth-order valence-corrected chi connectivity index (χ4v) is 3.01. The van der Waals surface area contributed by atoms with Crippen LogP contribution in [0.3, 0.4) is 0 Å². The first-order chi connectivity index (χ1) is 12.8. The second kappa shape index (κ2) is 9.10. The van der Waals surface area contributed by atoms with E-state index in [1.807, 2.05) is 20.8 Å². The van der Waals surface area contributed by atoms with Crippen molar-refractivity contribution in [1.29, 1.82) is 0 Å². The van der Waals surface area contributed by atoms with Crippen LogP contribution in [0.4, 0.5) is 0 Å². The molecule has 1 unspecified atom stereocenters. The minimum atomic E-state index is -0.847. The summed E-state index contributed by atoms with van der Waals surface area (Å²) in [5.41, 5.74) is 0.442. The molecule has 0 fully saturated rings. The molecule has 2 rings (SSSR count). The highest BCUT2D eigenvalue weighted by Gasteiger charge is 2.34. The highest BCUT2D eigenvalue weighted by atomic mass is 35.5. The quantitative estimate of drug-likeness (QED) is 0.675. The van der Waals surface area contributed by atoms with Gasteiger partial charge in [0, 0.05) is 22.5 Å². The molecule has 2 aromatic rings. The molecule has 1 heterocycles. The Bertz CT molecular complexity index is 791. The van der Waals surface area contributed by atoms with Crippen molar-refractivity contribution in [2.75, 3.05) is 6.54 Å². The standard InChI is InChI=1S/C19H23ClN4O2S/c1-5-11-24(18(26)15-12-27-23-22-15)16(13-7-9-14(20)10-8-13)17(25)21-19(3,4)6-2/h5,7-10,12,16H,1,6,11H2,2-4H3,(H,21,25). The summed E-state index contributed by atoms with van der Waals surface area (Å²) in [6.45, 7) is 9.78. The predicted octanol–water partition coefficient (Wildman–Crippen LogP) is 3.87. The molecule has 1 aromatic carbocycles. The second-order valence-corrected chi connectivity index (χ2v) is 7.76. The predicted molar refractivity (Wildman–Crippen MR) is 108 cm³/mol. The van der Waals surface area contributed by atoms with E-state index < -0.39 is 11.6 Å². The molecule has 0 spiro atoms. The van der Waals surface area contributed by atoms with Gasteiger partial charge in [0.1, 0.15) is 6.04 Å². The number of nitrogens with zero attached hydrogens (tertiary/aromatic N) is 3. The molecule has 0 aliphatic heterocycles. The third-order valence-electron chi connectivity index (χ3n) is 4.26. The first kappa shape index (κ1) is 21.1. The second-order valence-electron chi connectivity index (χ2n) is 6.72. The average molecular weight is 407 g/mol. The van der Waals surface area contributed by atoms with Gasteiger partial charge in [-0.25, -0.2) is 0 Å². The zero-order valence-electron chi connectivity index (χ0n) is 15.6. The number of hydrogen-bond acceptors (Lipinski definition) is 5. The van der Waals surface area contributed by atoms with Crippen molar-refractivity contribution in [3.8, 4) is 0 Å². The molecule has 1 N–H and O–H groups in total. The lowest BCUT2D eigenvalue weighted by Crippen LogP contribution is -2.50. The highest BCUT2D eigenvalue weighted by Crippen LogP contribution is 2.26. The number of benzene rings is 1. The van der Waals surface area contributed by atoms with Crippen molar-refractivity contribution in [2.45, 2.75) is 38.8 Å². The molecule has 6 nitrogen and oxygen atoms in total. The van der Waals surface area contributed by atoms with E-state index in [1.54, 1.807) is 35.7 Å². The lowest BCUT2D eigenvalue weighted by Gasteiger charge is -2.33. The molecule has 0 saturated carbocycles. The van der Waals surface area contributed by atoms with Crippen LogP contribution >= 0.6 is 23.1 Å². The third-order valence-corrected chi connectivity index (χ3v) is 5.01. The number of aromatic nitrogens is 2. The van der Waals surface area contributed by atoms with Crippen LogP contribution < -0.4 is 5.32 Å². The van der Waals surface area contributed by atoms with Crippen LogP contribution in [0.2, 0.25) is 5.02 Å². The lowest BCUT2D eigenvalue weighted by molar-refractivity contribution is -0.127. The SMILES string of the molecule is C=CCN(C(=O)c1csnn1)C(C(=O)NC(C)(C)CC)c1ccc(Cl)cc1. The van der Waals surface area contributed by atoms with Crippen LogP contribution in [0.5, 0.6) is 0 Å². The molecule has 8 heteroatoms. The Morgan fingerprint density at radius 2 is 2.04 bits per heavy atom. The van der Waals surface area contributed by atoms with Gasteiger partial charge < -0.3 is 10.2 Å². The summed E-state index contributed by atoms with van der Waals surface area (Å²) < 4.78 is 3.75. The maximum Gasteiger partial charge on any atom is 0.276 e. The van der Waals surface area contributed by atoms with Gasteiger partial charge in [-0.05, 0) is 49.5 Å².